The van der Waals surface area contributed by atoms with Crippen molar-refractivity contribution in [2.45, 2.75) is 25.4 Å². The van der Waals surface area contributed by atoms with Crippen LogP contribution < -0.4 is 10.1 Å². The summed E-state index contributed by atoms with van der Waals surface area (Å²) < 4.78 is 5.39. The van der Waals surface area contributed by atoms with E-state index in [1.54, 1.807) is 7.11 Å². The Morgan fingerprint density at radius 3 is 2.53 bits per heavy atom. The largest absolute Gasteiger partial charge is 0.496 e. The summed E-state index contributed by atoms with van der Waals surface area (Å²) in [7, 11) is 1.61. The fourth-order valence-corrected chi connectivity index (χ4v) is 4.60. The van der Waals surface area contributed by atoms with E-state index >= 15 is 0 Å². The first-order chi connectivity index (χ1) is 14.4. The molecule has 2 aromatic carbocycles. The number of methoxy groups -OCH3 is 1. The minimum atomic E-state index is -1.11. The third kappa shape index (κ3) is 4.94. The van der Waals surface area contributed by atoms with Crippen molar-refractivity contribution >= 4 is 29.5 Å². The number of thioether (sulfide) groups is 1. The molecular formula is C22H24N2O5S. The highest BCUT2D eigenvalue weighted by atomic mass is 32.2. The highest BCUT2D eigenvalue weighted by Gasteiger charge is 2.35. The SMILES string of the molecule is COc1ccccc1-c1ccc(C[C@H](NC(=O)[C@H]2CSCN2C(C)=O)C(=O)O)cc1. The van der Waals surface area contributed by atoms with Crippen LogP contribution in [-0.2, 0) is 20.8 Å². The summed E-state index contributed by atoms with van der Waals surface area (Å²) in [4.78, 5) is 37.4. The summed E-state index contributed by atoms with van der Waals surface area (Å²) in [5.74, 6) is -0.0873. The molecule has 0 bridgehead atoms. The highest BCUT2D eigenvalue weighted by molar-refractivity contribution is 7.99. The first-order valence-corrected chi connectivity index (χ1v) is 10.7. The Labute approximate surface area is 179 Å². The molecule has 8 heteroatoms. The molecule has 7 nitrogen and oxygen atoms in total. The standard InChI is InChI=1S/C22H24N2O5S/c1-14(25)24-13-30-12-19(24)21(26)23-18(22(27)28)11-15-7-9-16(10-8-15)17-5-3-4-6-20(17)29-2/h3-10,18-19H,11-13H2,1-2H3,(H,23,26)(H,27,28)/t18-,19+/m0/s1. The van der Waals surface area contributed by atoms with Gasteiger partial charge in [-0.2, -0.15) is 0 Å². The van der Waals surface area contributed by atoms with Gasteiger partial charge in [-0.25, -0.2) is 4.79 Å². The zero-order valence-electron chi connectivity index (χ0n) is 16.8. The van der Waals surface area contributed by atoms with Crippen LogP contribution in [0.5, 0.6) is 5.75 Å². The number of para-hydroxylation sites is 1. The van der Waals surface area contributed by atoms with Gasteiger partial charge < -0.3 is 20.1 Å². The molecule has 1 aliphatic heterocycles. The molecule has 2 N–H and O–H groups in total. The topological polar surface area (TPSA) is 95.9 Å². The minimum Gasteiger partial charge on any atom is -0.496 e. The van der Waals surface area contributed by atoms with Crippen molar-refractivity contribution in [3.8, 4) is 16.9 Å². The number of amides is 2. The summed E-state index contributed by atoms with van der Waals surface area (Å²) >= 11 is 1.48. The number of rotatable bonds is 7. The molecule has 0 aromatic heterocycles. The van der Waals surface area contributed by atoms with E-state index in [2.05, 4.69) is 5.32 Å². The number of ether oxygens (including phenoxy) is 1. The number of carbonyl (C=O) groups is 3. The van der Waals surface area contributed by atoms with E-state index in [-0.39, 0.29) is 12.3 Å². The van der Waals surface area contributed by atoms with E-state index in [1.165, 1.54) is 23.6 Å². The van der Waals surface area contributed by atoms with Gasteiger partial charge in [0.1, 0.15) is 17.8 Å². The van der Waals surface area contributed by atoms with Gasteiger partial charge in [0, 0.05) is 24.7 Å². The monoisotopic (exact) mass is 428 g/mol. The van der Waals surface area contributed by atoms with Crippen molar-refractivity contribution < 1.29 is 24.2 Å². The van der Waals surface area contributed by atoms with Gasteiger partial charge in [0.05, 0.1) is 13.0 Å². The lowest BCUT2D eigenvalue weighted by molar-refractivity contribution is -0.143. The second-order valence-corrected chi connectivity index (χ2v) is 8.01. The van der Waals surface area contributed by atoms with Gasteiger partial charge >= 0.3 is 5.97 Å². The summed E-state index contributed by atoms with van der Waals surface area (Å²) in [6.45, 7) is 1.41. The van der Waals surface area contributed by atoms with Gasteiger partial charge in [0.2, 0.25) is 11.8 Å². The summed E-state index contributed by atoms with van der Waals surface area (Å²) in [6.07, 6.45) is 0.146. The molecule has 0 radical (unpaired) electrons. The zero-order chi connectivity index (χ0) is 21.7. The summed E-state index contributed by atoms with van der Waals surface area (Å²) in [5, 5.41) is 12.2. The van der Waals surface area contributed by atoms with Gasteiger partial charge in [-0.1, -0.05) is 42.5 Å². The summed E-state index contributed by atoms with van der Waals surface area (Å²) in [6, 6.07) is 13.4. The summed E-state index contributed by atoms with van der Waals surface area (Å²) in [5.41, 5.74) is 2.68. The third-order valence-electron chi connectivity index (χ3n) is 5.02. The number of carboxylic acid groups (broad SMARTS) is 1. The van der Waals surface area contributed by atoms with Crippen molar-refractivity contribution in [1.29, 1.82) is 0 Å². The van der Waals surface area contributed by atoms with E-state index in [9.17, 15) is 19.5 Å². The Balaban J connectivity index is 1.70. The van der Waals surface area contributed by atoms with E-state index in [0.717, 1.165) is 22.4 Å². The molecule has 30 heavy (non-hydrogen) atoms. The predicted molar refractivity (Wildman–Crippen MR) is 115 cm³/mol. The molecule has 1 fully saturated rings. The number of nitrogens with zero attached hydrogens (tertiary/aromatic N) is 1. The van der Waals surface area contributed by atoms with Gasteiger partial charge in [0.15, 0.2) is 0 Å². The van der Waals surface area contributed by atoms with Crippen molar-refractivity contribution in [2.75, 3.05) is 18.7 Å². The average molecular weight is 429 g/mol. The molecule has 2 aromatic rings. The first-order valence-electron chi connectivity index (χ1n) is 9.51. The van der Waals surface area contributed by atoms with Crippen LogP contribution in [0.15, 0.2) is 48.5 Å². The van der Waals surface area contributed by atoms with Crippen LogP contribution in [0.2, 0.25) is 0 Å². The molecule has 1 aliphatic rings. The third-order valence-corrected chi connectivity index (χ3v) is 6.03. The van der Waals surface area contributed by atoms with Gasteiger partial charge in [-0.05, 0) is 17.2 Å². The maximum Gasteiger partial charge on any atom is 0.326 e. The van der Waals surface area contributed by atoms with Gasteiger partial charge in [-0.3, -0.25) is 9.59 Å². The smallest absolute Gasteiger partial charge is 0.326 e. The Morgan fingerprint density at radius 2 is 1.90 bits per heavy atom. The molecule has 158 valence electrons. The van der Waals surface area contributed by atoms with Crippen LogP contribution in [-0.4, -0.2) is 58.6 Å². The Hall–Kier alpha value is -3.00. The van der Waals surface area contributed by atoms with E-state index < -0.39 is 24.0 Å². The van der Waals surface area contributed by atoms with E-state index in [0.29, 0.717) is 11.6 Å². The maximum atomic E-state index is 12.6. The Bertz CT molecular complexity index is 931. The van der Waals surface area contributed by atoms with E-state index in [4.69, 9.17) is 4.74 Å². The van der Waals surface area contributed by atoms with Crippen molar-refractivity contribution in [3.63, 3.8) is 0 Å². The Morgan fingerprint density at radius 1 is 1.20 bits per heavy atom. The fourth-order valence-electron chi connectivity index (χ4n) is 3.38. The molecule has 2 amide bonds. The van der Waals surface area contributed by atoms with Crippen LogP contribution in [0.3, 0.4) is 0 Å². The lowest BCUT2D eigenvalue weighted by Crippen LogP contribution is -2.52. The quantitative estimate of drug-likeness (QED) is 0.703. The number of benzene rings is 2. The van der Waals surface area contributed by atoms with Crippen molar-refractivity contribution in [2.24, 2.45) is 0 Å². The molecule has 1 heterocycles. The molecule has 0 unspecified atom stereocenters. The normalized spacial score (nSPS) is 16.7. The van der Waals surface area contributed by atoms with Crippen LogP contribution in [0.4, 0.5) is 0 Å². The van der Waals surface area contributed by atoms with E-state index in [1.807, 2.05) is 48.5 Å². The minimum absolute atomic E-state index is 0.146. The predicted octanol–water partition coefficient (Wildman–Crippen LogP) is 2.40. The highest BCUT2D eigenvalue weighted by Crippen LogP contribution is 2.29. The second-order valence-electron chi connectivity index (χ2n) is 7.01. The molecule has 0 saturated carbocycles. The van der Waals surface area contributed by atoms with Crippen LogP contribution in [0, 0.1) is 0 Å². The van der Waals surface area contributed by atoms with Crippen LogP contribution in [0.1, 0.15) is 12.5 Å². The van der Waals surface area contributed by atoms with Crippen LogP contribution in [0.25, 0.3) is 11.1 Å². The van der Waals surface area contributed by atoms with Gasteiger partial charge in [0.25, 0.3) is 0 Å². The average Bonchev–Trinajstić information content (AvgIpc) is 3.24. The van der Waals surface area contributed by atoms with Crippen molar-refractivity contribution in [3.05, 3.63) is 54.1 Å². The number of hydrogen-bond donors (Lipinski definition) is 2. The molecule has 0 spiro atoms. The number of nitrogens with one attached hydrogen (secondary N) is 1. The maximum absolute atomic E-state index is 12.6. The van der Waals surface area contributed by atoms with Crippen LogP contribution >= 0.6 is 11.8 Å². The lowest BCUT2D eigenvalue weighted by atomic mass is 10.00. The zero-order valence-corrected chi connectivity index (χ0v) is 17.6. The number of carboxylic acids is 1. The van der Waals surface area contributed by atoms with Crippen molar-refractivity contribution in [1.82, 2.24) is 10.2 Å². The first kappa shape index (κ1) is 21.7. The number of hydrogen-bond acceptors (Lipinski definition) is 5. The molecule has 2 atom stereocenters. The number of aliphatic carboxylic acids is 1. The molecule has 1 saturated heterocycles. The fraction of sp³-hybridized carbons (Fsp3) is 0.318. The Kier molecular flexibility index (Phi) is 6.99. The second kappa shape index (κ2) is 9.67. The molecule has 0 aliphatic carbocycles. The lowest BCUT2D eigenvalue weighted by Gasteiger charge is -2.23. The number of carbonyl (C=O) groups excluding carboxylic acids is 2. The molecular weight excluding hydrogens is 404 g/mol. The van der Waals surface area contributed by atoms with Gasteiger partial charge in [-0.15, -0.1) is 11.8 Å². The molecule has 3 rings (SSSR count).